The number of benzene rings is 1. The highest BCUT2D eigenvalue weighted by Crippen LogP contribution is 2.29. The number of para-hydroxylation sites is 2. The minimum absolute atomic E-state index is 0.0635. The van der Waals surface area contributed by atoms with Crippen LogP contribution in [0.4, 0.5) is 11.4 Å². The molecule has 1 aliphatic heterocycles. The molecule has 0 aliphatic carbocycles. The van der Waals surface area contributed by atoms with Crippen LogP contribution in [0.3, 0.4) is 0 Å². The van der Waals surface area contributed by atoms with Gasteiger partial charge in [0.2, 0.25) is 11.8 Å². The van der Waals surface area contributed by atoms with E-state index in [9.17, 15) is 9.59 Å². The van der Waals surface area contributed by atoms with Crippen molar-refractivity contribution in [2.45, 2.75) is 12.8 Å². The summed E-state index contributed by atoms with van der Waals surface area (Å²) >= 11 is 0. The molecule has 2 aromatic rings. The molecule has 0 radical (unpaired) electrons. The van der Waals surface area contributed by atoms with Crippen molar-refractivity contribution >= 4 is 23.2 Å². The lowest BCUT2D eigenvalue weighted by molar-refractivity contribution is -0.121. The van der Waals surface area contributed by atoms with Crippen molar-refractivity contribution in [3.05, 3.63) is 48.4 Å². The first-order valence-corrected chi connectivity index (χ1v) is 6.45. The van der Waals surface area contributed by atoms with Gasteiger partial charge in [0, 0.05) is 12.8 Å². The lowest BCUT2D eigenvalue weighted by Gasteiger charge is -2.29. The average molecular weight is 270 g/mol. The van der Waals surface area contributed by atoms with Gasteiger partial charge in [-0.1, -0.05) is 12.1 Å². The first-order valence-electron chi connectivity index (χ1n) is 6.45. The Morgan fingerprint density at radius 3 is 2.90 bits per heavy atom. The van der Waals surface area contributed by atoms with Crippen molar-refractivity contribution in [2.24, 2.45) is 0 Å². The molecule has 102 valence electrons. The van der Waals surface area contributed by atoms with Crippen LogP contribution in [-0.4, -0.2) is 18.4 Å². The van der Waals surface area contributed by atoms with Crippen LogP contribution in [-0.2, 0) is 16.0 Å². The van der Waals surface area contributed by atoms with E-state index >= 15 is 0 Å². The minimum Gasteiger partial charge on any atom is -0.469 e. The van der Waals surface area contributed by atoms with Crippen LogP contribution >= 0.6 is 0 Å². The van der Waals surface area contributed by atoms with E-state index in [1.165, 1.54) is 4.90 Å². The third-order valence-electron chi connectivity index (χ3n) is 3.24. The summed E-state index contributed by atoms with van der Waals surface area (Å²) in [4.78, 5) is 25.5. The Kier molecular flexibility index (Phi) is 3.25. The molecule has 0 atom stereocenters. The number of hydrogen-bond acceptors (Lipinski definition) is 3. The molecule has 0 saturated carbocycles. The van der Waals surface area contributed by atoms with Crippen molar-refractivity contribution in [3.63, 3.8) is 0 Å². The molecule has 2 heterocycles. The molecule has 2 amide bonds. The van der Waals surface area contributed by atoms with Crippen molar-refractivity contribution in [2.75, 3.05) is 16.8 Å². The highest BCUT2D eigenvalue weighted by molar-refractivity contribution is 6.09. The monoisotopic (exact) mass is 270 g/mol. The molecule has 5 nitrogen and oxygen atoms in total. The van der Waals surface area contributed by atoms with E-state index < -0.39 is 0 Å². The highest BCUT2D eigenvalue weighted by atomic mass is 16.3. The van der Waals surface area contributed by atoms with Gasteiger partial charge in [-0.3, -0.25) is 9.59 Å². The van der Waals surface area contributed by atoms with Crippen LogP contribution < -0.4 is 10.2 Å². The molecular weight excluding hydrogens is 256 g/mol. The van der Waals surface area contributed by atoms with Crippen molar-refractivity contribution in [3.8, 4) is 0 Å². The quantitative estimate of drug-likeness (QED) is 0.930. The van der Waals surface area contributed by atoms with Gasteiger partial charge in [-0.2, -0.15) is 0 Å². The smallest absolute Gasteiger partial charge is 0.244 e. The van der Waals surface area contributed by atoms with Gasteiger partial charge in [0.25, 0.3) is 0 Å². The number of anilines is 2. The van der Waals surface area contributed by atoms with Crippen molar-refractivity contribution in [1.82, 2.24) is 0 Å². The van der Waals surface area contributed by atoms with Gasteiger partial charge >= 0.3 is 0 Å². The fourth-order valence-electron chi connectivity index (χ4n) is 2.28. The summed E-state index contributed by atoms with van der Waals surface area (Å²) in [6.07, 6.45) is 2.44. The molecule has 1 aliphatic rings. The Morgan fingerprint density at radius 1 is 1.25 bits per heavy atom. The molecule has 3 rings (SSSR count). The maximum absolute atomic E-state index is 12.3. The molecule has 0 spiro atoms. The van der Waals surface area contributed by atoms with Crippen LogP contribution in [0.15, 0.2) is 47.1 Å². The van der Waals surface area contributed by atoms with E-state index in [-0.39, 0.29) is 18.4 Å². The molecule has 5 heteroatoms. The van der Waals surface area contributed by atoms with Gasteiger partial charge in [0.05, 0.1) is 17.6 Å². The van der Waals surface area contributed by atoms with Crippen LogP contribution in [0.2, 0.25) is 0 Å². The van der Waals surface area contributed by atoms with E-state index in [0.29, 0.717) is 18.5 Å². The predicted octanol–water partition coefficient (Wildman–Crippen LogP) is 2.20. The molecule has 1 aromatic heterocycles. The Morgan fingerprint density at radius 2 is 2.10 bits per heavy atom. The molecule has 0 fully saturated rings. The molecule has 0 saturated heterocycles. The summed E-state index contributed by atoms with van der Waals surface area (Å²) < 4.78 is 5.21. The van der Waals surface area contributed by atoms with Gasteiger partial charge in [-0.15, -0.1) is 0 Å². The Bertz CT molecular complexity index is 634. The highest BCUT2D eigenvalue weighted by Gasteiger charge is 2.26. The number of fused-ring (bicyclic) bond motifs is 1. The second-order valence-electron chi connectivity index (χ2n) is 4.62. The Hall–Kier alpha value is -2.56. The van der Waals surface area contributed by atoms with E-state index in [1.807, 2.05) is 24.3 Å². The average Bonchev–Trinajstić information content (AvgIpc) is 2.97. The summed E-state index contributed by atoms with van der Waals surface area (Å²) in [7, 11) is 0. The first-order chi connectivity index (χ1) is 9.74. The molecule has 0 bridgehead atoms. The number of rotatable bonds is 3. The number of carbonyl (C=O) groups is 2. The molecule has 1 aromatic carbocycles. The zero-order valence-corrected chi connectivity index (χ0v) is 10.8. The summed E-state index contributed by atoms with van der Waals surface area (Å²) in [5, 5.41) is 2.76. The third-order valence-corrected chi connectivity index (χ3v) is 3.24. The van der Waals surface area contributed by atoms with Crippen LogP contribution in [0.5, 0.6) is 0 Å². The minimum atomic E-state index is -0.171. The molecule has 1 N–H and O–H groups in total. The number of carbonyl (C=O) groups excluding carboxylic acids is 2. The Balaban J connectivity index is 1.76. The predicted molar refractivity (Wildman–Crippen MR) is 74.5 cm³/mol. The lowest BCUT2D eigenvalue weighted by atomic mass is 10.1. The number of aryl methyl sites for hydroxylation is 1. The SMILES string of the molecule is O=C1CN(C(=O)CCc2ccco2)c2ccccc2N1. The number of nitrogens with one attached hydrogen (secondary N) is 1. The zero-order chi connectivity index (χ0) is 13.9. The Labute approximate surface area is 116 Å². The number of hydrogen-bond donors (Lipinski definition) is 1. The van der Waals surface area contributed by atoms with Crippen LogP contribution in [0.1, 0.15) is 12.2 Å². The van der Waals surface area contributed by atoms with E-state index in [4.69, 9.17) is 4.42 Å². The summed E-state index contributed by atoms with van der Waals surface area (Å²) in [6.45, 7) is 0.0635. The molecule has 0 unspecified atom stereocenters. The fourth-order valence-corrected chi connectivity index (χ4v) is 2.28. The van der Waals surface area contributed by atoms with Crippen molar-refractivity contribution < 1.29 is 14.0 Å². The number of furan rings is 1. The van der Waals surface area contributed by atoms with Gasteiger partial charge < -0.3 is 14.6 Å². The number of amides is 2. The topological polar surface area (TPSA) is 62.6 Å². The van der Waals surface area contributed by atoms with Gasteiger partial charge in [0.15, 0.2) is 0 Å². The van der Waals surface area contributed by atoms with E-state index in [1.54, 1.807) is 18.4 Å². The van der Waals surface area contributed by atoms with Gasteiger partial charge in [0.1, 0.15) is 12.3 Å². The lowest BCUT2D eigenvalue weighted by Crippen LogP contribution is -2.42. The van der Waals surface area contributed by atoms with Crippen LogP contribution in [0, 0.1) is 0 Å². The van der Waals surface area contributed by atoms with Crippen LogP contribution in [0.25, 0.3) is 0 Å². The first kappa shape index (κ1) is 12.5. The molecule has 20 heavy (non-hydrogen) atoms. The second kappa shape index (κ2) is 5.21. The summed E-state index contributed by atoms with van der Waals surface area (Å²) in [6, 6.07) is 10.9. The normalized spacial score (nSPS) is 13.8. The van der Waals surface area contributed by atoms with E-state index in [0.717, 1.165) is 11.4 Å². The fraction of sp³-hybridized carbons (Fsp3) is 0.200. The summed E-state index contributed by atoms with van der Waals surface area (Å²) in [5.41, 5.74) is 1.42. The van der Waals surface area contributed by atoms with E-state index in [2.05, 4.69) is 5.32 Å². The largest absolute Gasteiger partial charge is 0.469 e. The summed E-state index contributed by atoms with van der Waals surface area (Å²) in [5.74, 6) is 0.520. The van der Waals surface area contributed by atoms with Gasteiger partial charge in [-0.25, -0.2) is 0 Å². The van der Waals surface area contributed by atoms with Crippen molar-refractivity contribution in [1.29, 1.82) is 0 Å². The maximum atomic E-state index is 12.3. The van der Waals surface area contributed by atoms with Gasteiger partial charge in [-0.05, 0) is 24.3 Å². The standard InChI is InChI=1S/C15H14N2O3/c18-14-10-17(13-6-2-1-5-12(13)16-14)15(19)8-7-11-4-3-9-20-11/h1-6,9H,7-8,10H2,(H,16,18). The zero-order valence-electron chi connectivity index (χ0n) is 10.8. The third kappa shape index (κ3) is 2.42. The molecular formula is C15H14N2O3. The number of nitrogens with zero attached hydrogens (tertiary/aromatic N) is 1. The maximum Gasteiger partial charge on any atom is 0.244 e. The second-order valence-corrected chi connectivity index (χ2v) is 4.62.